The summed E-state index contributed by atoms with van der Waals surface area (Å²) in [6, 6.07) is 2.43. The van der Waals surface area contributed by atoms with Crippen molar-refractivity contribution in [1.29, 1.82) is 0 Å². The van der Waals surface area contributed by atoms with Gasteiger partial charge in [0.05, 0.1) is 18.1 Å². The first-order chi connectivity index (χ1) is 9.44. The van der Waals surface area contributed by atoms with E-state index in [1.165, 1.54) is 13.0 Å². The van der Waals surface area contributed by atoms with Crippen LogP contribution in [0.4, 0.5) is 4.39 Å². The van der Waals surface area contributed by atoms with Gasteiger partial charge >= 0.3 is 0 Å². The normalized spacial score (nSPS) is 19.4. The third kappa shape index (κ3) is 3.35. The van der Waals surface area contributed by atoms with Gasteiger partial charge in [0, 0.05) is 18.7 Å². The largest absolute Gasteiger partial charge is 0.392 e. The highest BCUT2D eigenvalue weighted by molar-refractivity contribution is 7.89. The predicted octanol–water partition coefficient (Wildman–Crippen LogP) is 0.941. The highest BCUT2D eigenvalue weighted by Crippen LogP contribution is 2.20. The van der Waals surface area contributed by atoms with Crippen LogP contribution >= 0.6 is 0 Å². The van der Waals surface area contributed by atoms with Gasteiger partial charge in [-0.1, -0.05) is 0 Å². The second kappa shape index (κ2) is 6.17. The maximum Gasteiger partial charge on any atom is 0.240 e. The molecule has 1 aromatic carbocycles. The molecule has 0 saturated carbocycles. The van der Waals surface area contributed by atoms with Crippen LogP contribution in [-0.2, 0) is 21.4 Å². The molecule has 1 unspecified atom stereocenters. The third-order valence-electron chi connectivity index (χ3n) is 3.37. The molecule has 1 fully saturated rings. The molecule has 0 bridgehead atoms. The van der Waals surface area contributed by atoms with Gasteiger partial charge in [0.25, 0.3) is 0 Å². The van der Waals surface area contributed by atoms with Gasteiger partial charge in [-0.15, -0.1) is 0 Å². The number of sulfonamides is 1. The van der Waals surface area contributed by atoms with E-state index in [4.69, 9.17) is 9.84 Å². The van der Waals surface area contributed by atoms with Crippen molar-refractivity contribution in [2.75, 3.05) is 19.8 Å². The molecule has 0 aromatic heterocycles. The molecular weight excluding hydrogens is 285 g/mol. The number of ether oxygens (including phenoxy) is 1. The van der Waals surface area contributed by atoms with Gasteiger partial charge in [0.1, 0.15) is 5.82 Å². The number of halogens is 1. The first kappa shape index (κ1) is 15.4. The molecular formula is C13H18FNO4S. The average molecular weight is 303 g/mol. The van der Waals surface area contributed by atoms with Crippen molar-refractivity contribution in [2.24, 2.45) is 5.92 Å². The number of aliphatic hydroxyl groups excluding tert-OH is 1. The van der Waals surface area contributed by atoms with E-state index in [1.54, 1.807) is 0 Å². The predicted molar refractivity (Wildman–Crippen MR) is 71.2 cm³/mol. The summed E-state index contributed by atoms with van der Waals surface area (Å²) in [5.41, 5.74) is 0.177. The fourth-order valence-corrected chi connectivity index (χ4v) is 3.38. The SMILES string of the molecule is Cc1cc(S(=O)(=O)NCC2CCOC2)cc(CO)c1F. The first-order valence-electron chi connectivity index (χ1n) is 6.41. The molecule has 0 aliphatic carbocycles. The molecule has 1 aromatic rings. The minimum absolute atomic E-state index is 0.0189. The maximum atomic E-state index is 13.6. The summed E-state index contributed by atoms with van der Waals surface area (Å²) < 4.78 is 45.6. The summed E-state index contributed by atoms with van der Waals surface area (Å²) >= 11 is 0. The van der Waals surface area contributed by atoms with Gasteiger partial charge < -0.3 is 9.84 Å². The van der Waals surface area contributed by atoms with Crippen LogP contribution in [0, 0.1) is 18.7 Å². The number of hydrogen-bond donors (Lipinski definition) is 2. The van der Waals surface area contributed by atoms with Crippen molar-refractivity contribution >= 4 is 10.0 Å². The number of aliphatic hydroxyl groups is 1. The van der Waals surface area contributed by atoms with Crippen molar-refractivity contribution in [1.82, 2.24) is 4.72 Å². The molecule has 2 N–H and O–H groups in total. The second-order valence-electron chi connectivity index (χ2n) is 4.95. The lowest BCUT2D eigenvalue weighted by Crippen LogP contribution is -2.29. The molecule has 1 aliphatic rings. The Morgan fingerprint density at radius 1 is 1.50 bits per heavy atom. The minimum Gasteiger partial charge on any atom is -0.392 e. The van der Waals surface area contributed by atoms with Gasteiger partial charge in [-0.2, -0.15) is 0 Å². The van der Waals surface area contributed by atoms with E-state index >= 15 is 0 Å². The average Bonchev–Trinajstić information content (AvgIpc) is 2.92. The Morgan fingerprint density at radius 3 is 2.85 bits per heavy atom. The van der Waals surface area contributed by atoms with E-state index in [-0.39, 0.29) is 21.9 Å². The van der Waals surface area contributed by atoms with Crippen molar-refractivity contribution in [3.63, 3.8) is 0 Å². The summed E-state index contributed by atoms with van der Waals surface area (Å²) in [5.74, 6) is -0.403. The Hall–Kier alpha value is -1.02. The molecule has 7 heteroatoms. The van der Waals surface area contributed by atoms with Crippen LogP contribution in [0.1, 0.15) is 17.5 Å². The number of hydrogen-bond acceptors (Lipinski definition) is 4. The van der Waals surface area contributed by atoms with E-state index < -0.39 is 22.4 Å². The molecule has 0 radical (unpaired) electrons. The maximum absolute atomic E-state index is 13.6. The first-order valence-corrected chi connectivity index (χ1v) is 7.89. The molecule has 0 amide bonds. The summed E-state index contributed by atoms with van der Waals surface area (Å²) in [6.45, 7) is 2.43. The summed E-state index contributed by atoms with van der Waals surface area (Å²) in [4.78, 5) is -0.0284. The van der Waals surface area contributed by atoms with E-state index in [1.807, 2.05) is 0 Å². The second-order valence-corrected chi connectivity index (χ2v) is 6.72. The van der Waals surface area contributed by atoms with Crippen LogP contribution in [0.3, 0.4) is 0 Å². The van der Waals surface area contributed by atoms with E-state index in [0.29, 0.717) is 19.8 Å². The molecule has 0 spiro atoms. The Morgan fingerprint density at radius 2 is 2.25 bits per heavy atom. The van der Waals surface area contributed by atoms with Crippen LogP contribution in [0.25, 0.3) is 0 Å². The van der Waals surface area contributed by atoms with E-state index in [9.17, 15) is 12.8 Å². The molecule has 1 aliphatic heterocycles. The third-order valence-corrected chi connectivity index (χ3v) is 4.77. The van der Waals surface area contributed by atoms with Crippen LogP contribution in [-0.4, -0.2) is 33.3 Å². The quantitative estimate of drug-likeness (QED) is 0.849. The van der Waals surface area contributed by atoms with Crippen LogP contribution in [0.15, 0.2) is 17.0 Å². The number of rotatable bonds is 5. The van der Waals surface area contributed by atoms with Crippen molar-refractivity contribution in [3.8, 4) is 0 Å². The zero-order chi connectivity index (χ0) is 14.8. The van der Waals surface area contributed by atoms with Crippen molar-refractivity contribution in [2.45, 2.75) is 24.8 Å². The van der Waals surface area contributed by atoms with Gasteiger partial charge in [-0.3, -0.25) is 0 Å². The lowest BCUT2D eigenvalue weighted by Gasteiger charge is -2.12. The van der Waals surface area contributed by atoms with Crippen molar-refractivity contribution in [3.05, 3.63) is 29.1 Å². The molecule has 5 nitrogen and oxygen atoms in total. The smallest absolute Gasteiger partial charge is 0.240 e. The summed E-state index contributed by atoms with van der Waals surface area (Å²) in [5, 5.41) is 9.06. The molecule has 2 rings (SSSR count). The fraction of sp³-hybridized carbons (Fsp3) is 0.538. The zero-order valence-electron chi connectivity index (χ0n) is 11.2. The Bertz CT molecular complexity index is 582. The molecule has 1 atom stereocenters. The van der Waals surface area contributed by atoms with E-state index in [0.717, 1.165) is 12.5 Å². The molecule has 112 valence electrons. The van der Waals surface area contributed by atoms with Gasteiger partial charge in [-0.05, 0) is 37.0 Å². The zero-order valence-corrected chi connectivity index (χ0v) is 12.0. The fourth-order valence-electron chi connectivity index (χ4n) is 2.13. The van der Waals surface area contributed by atoms with Gasteiger partial charge in [0.2, 0.25) is 10.0 Å². The molecule has 1 saturated heterocycles. The Kier molecular flexibility index (Phi) is 4.74. The molecule has 20 heavy (non-hydrogen) atoms. The molecule has 1 heterocycles. The van der Waals surface area contributed by atoms with Crippen LogP contribution < -0.4 is 4.72 Å². The van der Waals surface area contributed by atoms with Crippen LogP contribution in [0.5, 0.6) is 0 Å². The monoisotopic (exact) mass is 303 g/mol. The standard InChI is InChI=1S/C13H18FNO4S/c1-9-4-12(5-11(7-16)13(9)14)20(17,18)15-6-10-2-3-19-8-10/h4-5,10,15-16H,2-3,6-8H2,1H3. The summed E-state index contributed by atoms with van der Waals surface area (Å²) in [7, 11) is -3.70. The van der Waals surface area contributed by atoms with E-state index in [2.05, 4.69) is 4.72 Å². The minimum atomic E-state index is -3.70. The van der Waals surface area contributed by atoms with Gasteiger partial charge in [0.15, 0.2) is 0 Å². The van der Waals surface area contributed by atoms with Crippen molar-refractivity contribution < 1.29 is 22.7 Å². The van der Waals surface area contributed by atoms with Crippen LogP contribution in [0.2, 0.25) is 0 Å². The summed E-state index contributed by atoms with van der Waals surface area (Å²) in [6.07, 6.45) is 0.826. The Labute approximate surface area is 117 Å². The highest BCUT2D eigenvalue weighted by atomic mass is 32.2. The lowest BCUT2D eigenvalue weighted by atomic mass is 10.1. The number of aryl methyl sites for hydroxylation is 1. The number of nitrogens with one attached hydrogen (secondary N) is 1. The topological polar surface area (TPSA) is 75.6 Å². The number of benzene rings is 1. The Balaban J connectivity index is 2.18. The van der Waals surface area contributed by atoms with Gasteiger partial charge in [-0.25, -0.2) is 17.5 Å². The highest BCUT2D eigenvalue weighted by Gasteiger charge is 2.21. The lowest BCUT2D eigenvalue weighted by molar-refractivity contribution is 0.186.